The average Bonchev–Trinajstić information content (AvgIpc) is 2.70. The molecule has 1 aromatic heterocycles. The second-order valence-electron chi connectivity index (χ2n) is 6.59. The van der Waals surface area contributed by atoms with E-state index >= 15 is 0 Å². The Bertz CT molecular complexity index is 734. The van der Waals surface area contributed by atoms with Crippen molar-refractivity contribution in [3.8, 4) is 0 Å². The fraction of sp³-hybridized carbons (Fsp3) is 0.474. The van der Waals surface area contributed by atoms with Crippen molar-refractivity contribution in [3.05, 3.63) is 42.1 Å². The van der Waals surface area contributed by atoms with E-state index in [2.05, 4.69) is 32.6 Å². The Morgan fingerprint density at radius 1 is 1.30 bits per heavy atom. The Labute approximate surface area is 159 Å². The predicted octanol–water partition coefficient (Wildman–Crippen LogP) is 2.54. The monoisotopic (exact) mass is 370 g/mol. The number of piperidine rings is 1. The molecule has 0 unspecified atom stereocenters. The molecule has 1 saturated heterocycles. The van der Waals surface area contributed by atoms with Gasteiger partial charge in [-0.1, -0.05) is 30.3 Å². The maximum atomic E-state index is 11.8. The van der Waals surface area contributed by atoms with E-state index in [4.69, 9.17) is 4.74 Å². The summed E-state index contributed by atoms with van der Waals surface area (Å²) in [6.45, 7) is 4.29. The smallest absolute Gasteiger partial charge is 0.409 e. The predicted molar refractivity (Wildman–Crippen MR) is 104 cm³/mol. The third kappa shape index (κ3) is 5.29. The van der Waals surface area contributed by atoms with Gasteiger partial charge < -0.3 is 19.9 Å². The van der Waals surface area contributed by atoms with Gasteiger partial charge in [0.15, 0.2) is 5.82 Å². The van der Waals surface area contributed by atoms with Gasteiger partial charge in [0.1, 0.15) is 0 Å². The summed E-state index contributed by atoms with van der Waals surface area (Å²) in [5, 5.41) is 11.6. The number of amides is 1. The maximum absolute atomic E-state index is 11.8. The quantitative estimate of drug-likeness (QED) is 0.836. The molecule has 144 valence electrons. The van der Waals surface area contributed by atoms with Crippen LogP contribution in [0.25, 0.3) is 0 Å². The molecule has 8 heteroatoms. The number of benzene rings is 1. The van der Waals surface area contributed by atoms with E-state index in [1.807, 2.05) is 37.1 Å². The lowest BCUT2D eigenvalue weighted by Crippen LogP contribution is -2.42. The fourth-order valence-corrected chi connectivity index (χ4v) is 3.08. The Morgan fingerprint density at radius 2 is 2.04 bits per heavy atom. The maximum Gasteiger partial charge on any atom is 0.409 e. The van der Waals surface area contributed by atoms with E-state index in [9.17, 15) is 4.79 Å². The van der Waals surface area contributed by atoms with E-state index in [1.165, 1.54) is 5.56 Å². The van der Waals surface area contributed by atoms with Crippen molar-refractivity contribution in [1.82, 2.24) is 20.1 Å². The van der Waals surface area contributed by atoms with Crippen LogP contribution in [0.1, 0.15) is 25.3 Å². The van der Waals surface area contributed by atoms with Crippen LogP contribution in [0.4, 0.5) is 16.6 Å². The Hall–Kier alpha value is -2.90. The standard InChI is InChI=1S/C19H26N6O2/c1-3-27-19(26)25-11-9-16(10-12-25)21-17-13-20-23-18(22-17)24(2)14-15-7-5-4-6-8-15/h4-8,13,16H,3,9-12,14H2,1-2H3,(H,21,22,23). The summed E-state index contributed by atoms with van der Waals surface area (Å²) in [5.74, 6) is 1.28. The van der Waals surface area contributed by atoms with Crippen LogP contribution in [0.15, 0.2) is 36.5 Å². The number of anilines is 2. The fourth-order valence-electron chi connectivity index (χ4n) is 3.08. The van der Waals surface area contributed by atoms with Crippen LogP contribution in [0, 0.1) is 0 Å². The summed E-state index contributed by atoms with van der Waals surface area (Å²) in [6.07, 6.45) is 3.10. The van der Waals surface area contributed by atoms with Crippen LogP contribution in [0.3, 0.4) is 0 Å². The Kier molecular flexibility index (Phi) is 6.40. The van der Waals surface area contributed by atoms with Gasteiger partial charge in [-0.05, 0) is 25.3 Å². The first-order chi connectivity index (χ1) is 13.2. The molecule has 0 spiro atoms. The molecule has 0 aliphatic carbocycles. The Balaban J connectivity index is 1.54. The van der Waals surface area contributed by atoms with Crippen LogP contribution >= 0.6 is 0 Å². The van der Waals surface area contributed by atoms with Gasteiger partial charge in [-0.25, -0.2) is 4.79 Å². The topological polar surface area (TPSA) is 83.5 Å². The highest BCUT2D eigenvalue weighted by molar-refractivity contribution is 5.67. The highest BCUT2D eigenvalue weighted by Crippen LogP contribution is 2.17. The molecule has 0 radical (unpaired) electrons. The van der Waals surface area contributed by atoms with Gasteiger partial charge in [0.05, 0.1) is 12.8 Å². The van der Waals surface area contributed by atoms with Crippen LogP contribution in [0.2, 0.25) is 0 Å². The molecule has 2 aromatic rings. The van der Waals surface area contributed by atoms with Gasteiger partial charge in [0.2, 0.25) is 5.95 Å². The first kappa shape index (κ1) is 18.9. The molecular weight excluding hydrogens is 344 g/mol. The van der Waals surface area contributed by atoms with Crippen molar-refractivity contribution >= 4 is 17.9 Å². The molecule has 0 atom stereocenters. The van der Waals surface area contributed by atoms with Crippen molar-refractivity contribution < 1.29 is 9.53 Å². The normalized spacial score (nSPS) is 14.7. The summed E-state index contributed by atoms with van der Waals surface area (Å²) >= 11 is 0. The summed E-state index contributed by atoms with van der Waals surface area (Å²) in [6, 6.07) is 10.4. The highest BCUT2D eigenvalue weighted by atomic mass is 16.6. The molecule has 27 heavy (non-hydrogen) atoms. The average molecular weight is 370 g/mol. The number of carbonyl (C=O) groups excluding carboxylic acids is 1. The summed E-state index contributed by atoms with van der Waals surface area (Å²) < 4.78 is 5.06. The Morgan fingerprint density at radius 3 is 2.74 bits per heavy atom. The molecule has 1 amide bonds. The number of hydrogen-bond donors (Lipinski definition) is 1. The molecule has 1 fully saturated rings. The number of nitrogens with zero attached hydrogens (tertiary/aromatic N) is 5. The SMILES string of the molecule is CCOC(=O)N1CCC(Nc2cnnc(N(C)Cc3ccccc3)n2)CC1. The van der Waals surface area contributed by atoms with Crippen LogP contribution in [0.5, 0.6) is 0 Å². The molecule has 3 rings (SSSR count). The van der Waals surface area contributed by atoms with Gasteiger partial charge >= 0.3 is 6.09 Å². The summed E-state index contributed by atoms with van der Waals surface area (Å²) in [5.41, 5.74) is 1.19. The first-order valence-electron chi connectivity index (χ1n) is 9.28. The number of hydrogen-bond acceptors (Lipinski definition) is 7. The molecule has 0 bridgehead atoms. The zero-order valence-corrected chi connectivity index (χ0v) is 15.8. The minimum Gasteiger partial charge on any atom is -0.450 e. The van der Waals surface area contributed by atoms with E-state index in [0.29, 0.717) is 38.0 Å². The lowest BCUT2D eigenvalue weighted by molar-refractivity contribution is 0.0983. The molecule has 1 aliphatic rings. The number of ether oxygens (including phenoxy) is 1. The summed E-state index contributed by atoms with van der Waals surface area (Å²) in [7, 11) is 1.95. The minimum absolute atomic E-state index is 0.232. The van der Waals surface area contributed by atoms with Crippen molar-refractivity contribution in [2.24, 2.45) is 0 Å². The van der Waals surface area contributed by atoms with Crippen LogP contribution in [-0.2, 0) is 11.3 Å². The van der Waals surface area contributed by atoms with Crippen molar-refractivity contribution in [2.75, 3.05) is 37.0 Å². The first-order valence-corrected chi connectivity index (χ1v) is 9.28. The van der Waals surface area contributed by atoms with Crippen molar-refractivity contribution in [3.63, 3.8) is 0 Å². The van der Waals surface area contributed by atoms with Gasteiger partial charge in [0.25, 0.3) is 0 Å². The van der Waals surface area contributed by atoms with Crippen LogP contribution < -0.4 is 10.2 Å². The molecular formula is C19H26N6O2. The molecule has 0 saturated carbocycles. The minimum atomic E-state index is -0.232. The van der Waals surface area contributed by atoms with Gasteiger partial charge in [-0.15, -0.1) is 5.10 Å². The lowest BCUT2D eigenvalue weighted by Gasteiger charge is -2.31. The number of aromatic nitrogens is 3. The van der Waals surface area contributed by atoms with Gasteiger partial charge in [-0.2, -0.15) is 10.1 Å². The second-order valence-corrected chi connectivity index (χ2v) is 6.59. The molecule has 1 aliphatic heterocycles. The van der Waals surface area contributed by atoms with Gasteiger partial charge in [-0.3, -0.25) is 0 Å². The zero-order chi connectivity index (χ0) is 19.1. The summed E-state index contributed by atoms with van der Waals surface area (Å²) in [4.78, 5) is 20.1. The van der Waals surface area contributed by atoms with E-state index in [0.717, 1.165) is 12.8 Å². The number of rotatable bonds is 6. The third-order valence-corrected chi connectivity index (χ3v) is 4.52. The van der Waals surface area contributed by atoms with E-state index < -0.39 is 0 Å². The number of likely N-dealkylation sites (tertiary alicyclic amines) is 1. The van der Waals surface area contributed by atoms with E-state index in [1.54, 1.807) is 11.1 Å². The largest absolute Gasteiger partial charge is 0.450 e. The number of nitrogens with one attached hydrogen (secondary N) is 1. The highest BCUT2D eigenvalue weighted by Gasteiger charge is 2.23. The number of carbonyl (C=O) groups is 1. The zero-order valence-electron chi connectivity index (χ0n) is 15.8. The molecule has 8 nitrogen and oxygen atoms in total. The van der Waals surface area contributed by atoms with Crippen molar-refractivity contribution in [2.45, 2.75) is 32.4 Å². The molecule has 1 aromatic carbocycles. The lowest BCUT2D eigenvalue weighted by atomic mass is 10.1. The third-order valence-electron chi connectivity index (χ3n) is 4.52. The molecule has 1 N–H and O–H groups in total. The molecule has 2 heterocycles. The van der Waals surface area contributed by atoms with E-state index in [-0.39, 0.29) is 12.1 Å². The van der Waals surface area contributed by atoms with Crippen LogP contribution in [-0.4, -0.2) is 59.0 Å². The van der Waals surface area contributed by atoms with Crippen molar-refractivity contribution in [1.29, 1.82) is 0 Å². The second kappa shape index (κ2) is 9.16. The van der Waals surface area contributed by atoms with Gasteiger partial charge in [0, 0.05) is 32.7 Å².